The van der Waals surface area contributed by atoms with E-state index in [1.54, 1.807) is 32.3 Å². The predicted octanol–water partition coefficient (Wildman–Crippen LogP) is 0.141. The molecule has 0 amide bonds. The second-order valence-corrected chi connectivity index (χ2v) is 3.38. The van der Waals surface area contributed by atoms with E-state index in [1.807, 2.05) is 0 Å². The molecule has 0 radical (unpaired) electrons. The zero-order chi connectivity index (χ0) is 9.90. The minimum atomic E-state index is -0.643. The molecule has 0 aromatic heterocycles. The molecule has 1 atom stereocenters. The summed E-state index contributed by atoms with van der Waals surface area (Å²) in [6.07, 6.45) is 4.60. The van der Waals surface area contributed by atoms with E-state index in [4.69, 9.17) is 11.0 Å². The van der Waals surface area contributed by atoms with Crippen LogP contribution in [0.2, 0.25) is 0 Å². The van der Waals surface area contributed by atoms with Crippen LogP contribution in [0.5, 0.6) is 0 Å². The lowest BCUT2D eigenvalue weighted by molar-refractivity contribution is 0.0926. The largest absolute Gasteiger partial charge is 0.307 e. The molecule has 3 N–H and O–H groups in total. The molecule has 1 unspecified atom stereocenters. The molecule has 0 saturated carbocycles. The number of allylic oxidation sites excluding steroid dienone is 1. The molecule has 1 aliphatic rings. The number of hydrazone groups is 1. The second kappa shape index (κ2) is 3.46. The van der Waals surface area contributed by atoms with Gasteiger partial charge >= 0.3 is 0 Å². The van der Waals surface area contributed by atoms with Gasteiger partial charge in [0.2, 0.25) is 0 Å². The van der Waals surface area contributed by atoms with Crippen LogP contribution < -0.4 is 11.2 Å². The standard InChI is InChI=1S/C8H13N5/c1-8(2,6-9)7(10)13-11-4-3-5-12-13/h3-5,7,11H,10H2,1-2H3. The molecule has 0 bridgehead atoms. The van der Waals surface area contributed by atoms with Crippen LogP contribution in [0.3, 0.4) is 0 Å². The van der Waals surface area contributed by atoms with Crippen molar-refractivity contribution in [3.63, 3.8) is 0 Å². The summed E-state index contributed by atoms with van der Waals surface area (Å²) in [5.74, 6) is 0. The lowest BCUT2D eigenvalue weighted by atomic mass is 9.92. The number of nitriles is 1. The fraction of sp³-hybridized carbons (Fsp3) is 0.500. The molecule has 0 saturated heterocycles. The van der Waals surface area contributed by atoms with Crippen LogP contribution in [0.15, 0.2) is 17.4 Å². The lowest BCUT2D eigenvalue weighted by Gasteiger charge is -2.33. The average Bonchev–Trinajstić information content (AvgIpc) is 2.18. The zero-order valence-electron chi connectivity index (χ0n) is 7.73. The van der Waals surface area contributed by atoms with Gasteiger partial charge in [-0.2, -0.15) is 15.5 Å². The van der Waals surface area contributed by atoms with Crippen molar-refractivity contribution in [1.29, 1.82) is 5.26 Å². The number of hydrogen-bond acceptors (Lipinski definition) is 5. The number of nitrogens with zero attached hydrogens (tertiary/aromatic N) is 3. The number of nitrogens with two attached hydrogens (primary N) is 1. The highest BCUT2D eigenvalue weighted by Gasteiger charge is 2.31. The quantitative estimate of drug-likeness (QED) is 0.632. The first-order valence-corrected chi connectivity index (χ1v) is 3.99. The van der Waals surface area contributed by atoms with E-state index >= 15 is 0 Å². The maximum atomic E-state index is 8.84. The fourth-order valence-corrected chi connectivity index (χ4v) is 0.830. The van der Waals surface area contributed by atoms with Gasteiger partial charge in [-0.15, -0.1) is 0 Å². The van der Waals surface area contributed by atoms with Crippen molar-refractivity contribution in [2.24, 2.45) is 16.3 Å². The molecule has 0 spiro atoms. The molecule has 1 rings (SSSR count). The van der Waals surface area contributed by atoms with E-state index in [0.717, 1.165) is 0 Å². The van der Waals surface area contributed by atoms with Crippen LogP contribution in [0.4, 0.5) is 0 Å². The van der Waals surface area contributed by atoms with Crippen LogP contribution in [0, 0.1) is 16.7 Å². The van der Waals surface area contributed by atoms with E-state index in [2.05, 4.69) is 16.6 Å². The predicted molar refractivity (Wildman–Crippen MR) is 50.0 cm³/mol. The smallest absolute Gasteiger partial charge is 0.135 e. The van der Waals surface area contributed by atoms with Crippen molar-refractivity contribution in [2.75, 3.05) is 0 Å². The van der Waals surface area contributed by atoms with Crippen molar-refractivity contribution in [3.8, 4) is 6.07 Å². The van der Waals surface area contributed by atoms with Gasteiger partial charge < -0.3 is 5.73 Å². The Morgan fingerprint density at radius 3 is 2.85 bits per heavy atom. The number of hydrogen-bond donors (Lipinski definition) is 2. The molecular formula is C8H13N5. The summed E-state index contributed by atoms with van der Waals surface area (Å²) in [6.45, 7) is 3.54. The maximum absolute atomic E-state index is 8.84. The number of rotatable bonds is 2. The van der Waals surface area contributed by atoms with Gasteiger partial charge in [0.1, 0.15) is 6.17 Å². The van der Waals surface area contributed by atoms with Crippen LogP contribution >= 0.6 is 0 Å². The van der Waals surface area contributed by atoms with Crippen LogP contribution in [-0.4, -0.2) is 17.5 Å². The first kappa shape index (κ1) is 9.55. The van der Waals surface area contributed by atoms with Gasteiger partial charge in [0.15, 0.2) is 0 Å². The summed E-state index contributed by atoms with van der Waals surface area (Å²) >= 11 is 0. The van der Waals surface area contributed by atoms with E-state index in [9.17, 15) is 0 Å². The summed E-state index contributed by atoms with van der Waals surface area (Å²) in [4.78, 5) is 0. The lowest BCUT2D eigenvalue weighted by Crippen LogP contribution is -2.53. The summed E-state index contributed by atoms with van der Waals surface area (Å²) in [5.41, 5.74) is 8.02. The fourth-order valence-electron chi connectivity index (χ4n) is 0.830. The molecule has 5 nitrogen and oxygen atoms in total. The van der Waals surface area contributed by atoms with Crippen LogP contribution in [0.1, 0.15) is 13.8 Å². The van der Waals surface area contributed by atoms with E-state index < -0.39 is 11.6 Å². The first-order valence-electron chi connectivity index (χ1n) is 3.99. The van der Waals surface area contributed by atoms with Crippen molar-refractivity contribution in [1.82, 2.24) is 10.5 Å². The molecule has 0 aromatic carbocycles. The third kappa shape index (κ3) is 1.98. The number of hydrazine groups is 1. The monoisotopic (exact) mass is 179 g/mol. The van der Waals surface area contributed by atoms with E-state index in [1.165, 1.54) is 5.12 Å². The third-order valence-electron chi connectivity index (χ3n) is 1.87. The van der Waals surface area contributed by atoms with Gasteiger partial charge in [-0.25, -0.2) is 0 Å². The van der Waals surface area contributed by atoms with Gasteiger partial charge in [-0.1, -0.05) is 0 Å². The summed E-state index contributed by atoms with van der Waals surface area (Å²) in [7, 11) is 0. The normalized spacial score (nSPS) is 17.8. The molecule has 0 fully saturated rings. The van der Waals surface area contributed by atoms with E-state index in [-0.39, 0.29) is 0 Å². The topological polar surface area (TPSA) is 77.4 Å². The molecular weight excluding hydrogens is 166 g/mol. The minimum absolute atomic E-state index is 0.473. The van der Waals surface area contributed by atoms with Crippen molar-refractivity contribution in [2.45, 2.75) is 20.0 Å². The highest BCUT2D eigenvalue weighted by Crippen LogP contribution is 2.19. The molecule has 70 valence electrons. The van der Waals surface area contributed by atoms with Crippen LogP contribution in [0.25, 0.3) is 0 Å². The molecule has 0 aliphatic carbocycles. The van der Waals surface area contributed by atoms with Gasteiger partial charge in [-0.05, 0) is 19.9 Å². The van der Waals surface area contributed by atoms with Gasteiger partial charge in [0.25, 0.3) is 0 Å². The summed E-state index contributed by atoms with van der Waals surface area (Å²) in [5, 5.41) is 14.3. The minimum Gasteiger partial charge on any atom is -0.307 e. The zero-order valence-corrected chi connectivity index (χ0v) is 7.73. The first-order chi connectivity index (χ1) is 6.08. The molecule has 5 heteroatoms. The highest BCUT2D eigenvalue weighted by atomic mass is 15.7. The summed E-state index contributed by atoms with van der Waals surface area (Å²) < 4.78 is 0. The molecule has 13 heavy (non-hydrogen) atoms. The maximum Gasteiger partial charge on any atom is 0.135 e. The molecule has 1 heterocycles. The molecule has 1 aliphatic heterocycles. The Hall–Kier alpha value is -1.54. The Bertz CT molecular complexity index is 273. The average molecular weight is 179 g/mol. The Labute approximate surface area is 77.5 Å². The van der Waals surface area contributed by atoms with Crippen LogP contribution in [-0.2, 0) is 0 Å². The summed E-state index contributed by atoms with van der Waals surface area (Å²) in [6, 6.07) is 2.13. The second-order valence-electron chi connectivity index (χ2n) is 3.38. The Morgan fingerprint density at radius 2 is 2.38 bits per heavy atom. The SMILES string of the molecule is CC(C)(C#N)C(N)N1N=CC=CN1. The van der Waals surface area contributed by atoms with Gasteiger partial charge in [0, 0.05) is 6.20 Å². The number of nitrogens with one attached hydrogen (secondary N) is 1. The van der Waals surface area contributed by atoms with Crippen molar-refractivity contribution in [3.05, 3.63) is 12.3 Å². The van der Waals surface area contributed by atoms with Gasteiger partial charge in [0.05, 0.1) is 17.7 Å². The van der Waals surface area contributed by atoms with E-state index in [0.29, 0.717) is 0 Å². The van der Waals surface area contributed by atoms with Gasteiger partial charge in [-0.3, -0.25) is 5.43 Å². The third-order valence-corrected chi connectivity index (χ3v) is 1.87. The Balaban J connectivity index is 2.69. The van der Waals surface area contributed by atoms with Crippen molar-refractivity contribution < 1.29 is 0 Å². The highest BCUT2D eigenvalue weighted by molar-refractivity contribution is 5.71. The Kier molecular flexibility index (Phi) is 2.54. The molecule has 0 aromatic rings. The van der Waals surface area contributed by atoms with Crippen molar-refractivity contribution >= 4 is 6.21 Å². The Morgan fingerprint density at radius 1 is 1.69 bits per heavy atom.